The van der Waals surface area contributed by atoms with Gasteiger partial charge in [0.15, 0.2) is 6.73 Å². The van der Waals surface area contributed by atoms with E-state index in [0.717, 1.165) is 5.70 Å². The van der Waals surface area contributed by atoms with Crippen LogP contribution in [0.4, 0.5) is 0 Å². The molecule has 2 aliphatic heterocycles. The molecule has 0 saturated carbocycles. The molecule has 4 nitrogen and oxygen atoms in total. The molecule has 2 heterocycles. The number of allylic oxidation sites excluding steroid dienone is 1. The van der Waals surface area contributed by atoms with Gasteiger partial charge in [0.1, 0.15) is 12.8 Å². The van der Waals surface area contributed by atoms with E-state index in [2.05, 4.69) is 4.99 Å². The van der Waals surface area contributed by atoms with Crippen LogP contribution in [0.15, 0.2) is 17.0 Å². The lowest BCUT2D eigenvalue weighted by atomic mass is 10.4. The molecule has 0 aromatic heterocycles. The van der Waals surface area contributed by atoms with Crippen molar-refractivity contribution < 1.29 is 9.53 Å². The first-order valence-electron chi connectivity index (χ1n) is 3.00. The molecule has 10 heavy (non-hydrogen) atoms. The third kappa shape index (κ3) is 0.618. The van der Waals surface area contributed by atoms with Crippen LogP contribution in [0, 0.1) is 0 Å². The molecule has 2 aliphatic rings. The van der Waals surface area contributed by atoms with Crippen LogP contribution in [0.2, 0.25) is 0 Å². The smallest absolute Gasteiger partial charge is 0.251 e. The number of aliphatic imine (C=N–C) groups is 1. The summed E-state index contributed by atoms with van der Waals surface area (Å²) in [6.45, 7) is 0.598. The predicted octanol–water partition coefficient (Wildman–Crippen LogP) is -0.272. The number of hydrogen-bond donors (Lipinski definition) is 0. The van der Waals surface area contributed by atoms with Crippen molar-refractivity contribution in [2.45, 2.75) is 0 Å². The standard InChI is InChI=1S/C6H6N2O2/c9-6-2-7-1-5-3-10-4-8(5)6/h1,3H,2,4H2. The summed E-state index contributed by atoms with van der Waals surface area (Å²) < 4.78 is 4.91. The van der Waals surface area contributed by atoms with Gasteiger partial charge in [-0.05, 0) is 0 Å². The summed E-state index contributed by atoms with van der Waals surface area (Å²) >= 11 is 0. The predicted molar refractivity (Wildman–Crippen MR) is 34.2 cm³/mol. The highest BCUT2D eigenvalue weighted by Crippen LogP contribution is 2.13. The second-order valence-corrected chi connectivity index (χ2v) is 2.13. The van der Waals surface area contributed by atoms with E-state index in [1.807, 2.05) is 0 Å². The van der Waals surface area contributed by atoms with Crippen LogP contribution in [0.25, 0.3) is 0 Å². The summed E-state index contributed by atoms with van der Waals surface area (Å²) in [7, 11) is 0. The molecule has 0 bridgehead atoms. The normalized spacial score (nSPS) is 22.2. The zero-order chi connectivity index (χ0) is 6.97. The summed E-state index contributed by atoms with van der Waals surface area (Å²) in [5, 5.41) is 0. The molecule has 52 valence electrons. The third-order valence-electron chi connectivity index (χ3n) is 1.47. The largest absolute Gasteiger partial charge is 0.478 e. The number of nitrogens with zero attached hydrogens (tertiary/aromatic N) is 2. The van der Waals surface area contributed by atoms with Gasteiger partial charge in [0.2, 0.25) is 0 Å². The van der Waals surface area contributed by atoms with Crippen molar-refractivity contribution in [3.8, 4) is 0 Å². The monoisotopic (exact) mass is 138 g/mol. The zero-order valence-electron chi connectivity index (χ0n) is 5.28. The molecule has 4 heteroatoms. The molecule has 0 fully saturated rings. The van der Waals surface area contributed by atoms with E-state index in [4.69, 9.17) is 4.74 Å². The molecule has 0 aliphatic carbocycles. The first-order chi connectivity index (χ1) is 4.88. The number of carbonyl (C=O) groups excluding carboxylic acids is 1. The van der Waals surface area contributed by atoms with Crippen molar-refractivity contribution in [3.63, 3.8) is 0 Å². The Balaban J connectivity index is 2.34. The topological polar surface area (TPSA) is 41.9 Å². The van der Waals surface area contributed by atoms with Gasteiger partial charge in [-0.3, -0.25) is 14.7 Å². The Kier molecular flexibility index (Phi) is 1.00. The van der Waals surface area contributed by atoms with Crippen LogP contribution < -0.4 is 0 Å². The van der Waals surface area contributed by atoms with Crippen LogP contribution in [0.3, 0.4) is 0 Å². The van der Waals surface area contributed by atoms with Crippen LogP contribution in [0.5, 0.6) is 0 Å². The fourth-order valence-corrected chi connectivity index (χ4v) is 0.954. The lowest BCUT2D eigenvalue weighted by Crippen LogP contribution is -2.33. The minimum absolute atomic E-state index is 0.00579. The summed E-state index contributed by atoms with van der Waals surface area (Å²) in [5.74, 6) is 0.00579. The number of carbonyl (C=O) groups is 1. The number of rotatable bonds is 0. The second kappa shape index (κ2) is 1.83. The van der Waals surface area contributed by atoms with Crippen LogP contribution in [0.1, 0.15) is 0 Å². The Labute approximate surface area is 57.8 Å². The lowest BCUT2D eigenvalue weighted by Gasteiger charge is -2.16. The zero-order valence-corrected chi connectivity index (χ0v) is 5.28. The Bertz CT molecular complexity index is 232. The van der Waals surface area contributed by atoms with E-state index >= 15 is 0 Å². The van der Waals surface area contributed by atoms with Crippen molar-refractivity contribution in [3.05, 3.63) is 12.0 Å². The maximum Gasteiger partial charge on any atom is 0.251 e. The van der Waals surface area contributed by atoms with Gasteiger partial charge in [-0.2, -0.15) is 0 Å². The van der Waals surface area contributed by atoms with E-state index < -0.39 is 0 Å². The molecule has 0 saturated heterocycles. The summed E-state index contributed by atoms with van der Waals surface area (Å²) in [6.07, 6.45) is 3.19. The molecule has 0 aromatic carbocycles. The van der Waals surface area contributed by atoms with Crippen LogP contribution in [-0.4, -0.2) is 30.3 Å². The quantitative estimate of drug-likeness (QED) is 0.462. The van der Waals surface area contributed by atoms with Crippen LogP contribution >= 0.6 is 0 Å². The van der Waals surface area contributed by atoms with Gasteiger partial charge in [0.25, 0.3) is 5.91 Å². The number of ether oxygens (including phenoxy) is 1. The van der Waals surface area contributed by atoms with Crippen molar-refractivity contribution in [1.82, 2.24) is 4.90 Å². The van der Waals surface area contributed by atoms with Gasteiger partial charge in [-0.25, -0.2) is 0 Å². The maximum atomic E-state index is 11.0. The minimum atomic E-state index is 0.00579. The van der Waals surface area contributed by atoms with Gasteiger partial charge in [0, 0.05) is 6.21 Å². The first kappa shape index (κ1) is 5.46. The Morgan fingerprint density at radius 3 is 3.40 bits per heavy atom. The Hall–Kier alpha value is -1.32. The summed E-state index contributed by atoms with van der Waals surface area (Å²) in [5.41, 5.74) is 0.760. The fourth-order valence-electron chi connectivity index (χ4n) is 0.954. The molecule has 1 amide bonds. The fraction of sp³-hybridized carbons (Fsp3) is 0.333. The van der Waals surface area contributed by atoms with Crippen molar-refractivity contribution in [2.24, 2.45) is 4.99 Å². The molecule has 0 unspecified atom stereocenters. The van der Waals surface area contributed by atoms with E-state index in [1.165, 1.54) is 0 Å². The highest BCUT2D eigenvalue weighted by molar-refractivity contribution is 5.93. The number of amides is 1. The minimum Gasteiger partial charge on any atom is -0.478 e. The molecule has 0 radical (unpaired) electrons. The molecule has 0 atom stereocenters. The van der Waals surface area contributed by atoms with E-state index in [1.54, 1.807) is 17.4 Å². The van der Waals surface area contributed by atoms with Crippen molar-refractivity contribution >= 4 is 12.1 Å². The number of fused-ring (bicyclic) bond motifs is 1. The molecular formula is C6H6N2O2. The van der Waals surface area contributed by atoms with Gasteiger partial charge in [0.05, 0.1) is 5.70 Å². The van der Waals surface area contributed by atoms with Gasteiger partial charge >= 0.3 is 0 Å². The van der Waals surface area contributed by atoms with Crippen molar-refractivity contribution in [2.75, 3.05) is 13.3 Å². The maximum absolute atomic E-state index is 11.0. The highest BCUT2D eigenvalue weighted by Gasteiger charge is 2.24. The molecule has 0 N–H and O–H groups in total. The lowest BCUT2D eigenvalue weighted by molar-refractivity contribution is -0.129. The summed E-state index contributed by atoms with van der Waals surface area (Å²) in [4.78, 5) is 16.4. The molecule has 0 aromatic rings. The van der Waals surface area contributed by atoms with Gasteiger partial charge in [-0.15, -0.1) is 0 Å². The molecular weight excluding hydrogens is 132 g/mol. The third-order valence-corrected chi connectivity index (χ3v) is 1.47. The van der Waals surface area contributed by atoms with Gasteiger partial charge < -0.3 is 4.74 Å². The molecule has 2 rings (SSSR count). The first-order valence-corrected chi connectivity index (χ1v) is 3.00. The van der Waals surface area contributed by atoms with Gasteiger partial charge in [-0.1, -0.05) is 0 Å². The second-order valence-electron chi connectivity index (χ2n) is 2.13. The van der Waals surface area contributed by atoms with Crippen LogP contribution in [-0.2, 0) is 9.53 Å². The average molecular weight is 138 g/mol. The van der Waals surface area contributed by atoms with E-state index in [0.29, 0.717) is 6.73 Å². The highest BCUT2D eigenvalue weighted by atomic mass is 16.5. The van der Waals surface area contributed by atoms with E-state index in [-0.39, 0.29) is 12.5 Å². The Morgan fingerprint density at radius 2 is 2.60 bits per heavy atom. The van der Waals surface area contributed by atoms with Crippen molar-refractivity contribution in [1.29, 1.82) is 0 Å². The summed E-state index contributed by atoms with van der Waals surface area (Å²) in [6, 6.07) is 0. The molecule has 0 spiro atoms. The number of hydrogen-bond acceptors (Lipinski definition) is 3. The van der Waals surface area contributed by atoms with E-state index in [9.17, 15) is 4.79 Å². The SMILES string of the molecule is O=C1CN=CC2=COCN12. The average Bonchev–Trinajstić information content (AvgIpc) is 2.36. The Morgan fingerprint density at radius 1 is 1.70 bits per heavy atom.